The number of hydrogen-bond acceptors (Lipinski definition) is 6. The molecule has 0 aliphatic carbocycles. The first-order chi connectivity index (χ1) is 12.2. The van der Waals surface area contributed by atoms with Crippen molar-refractivity contribution >= 4 is 11.9 Å². The van der Waals surface area contributed by atoms with Gasteiger partial charge in [0.1, 0.15) is 5.75 Å². The van der Waals surface area contributed by atoms with Gasteiger partial charge in [-0.3, -0.25) is 4.79 Å². The summed E-state index contributed by atoms with van der Waals surface area (Å²) in [5.41, 5.74) is 1.10. The lowest BCUT2D eigenvalue weighted by Gasteiger charge is -2.35. The maximum absolute atomic E-state index is 12.7. The van der Waals surface area contributed by atoms with E-state index in [1.807, 2.05) is 29.2 Å². The smallest absolute Gasteiger partial charge is 0.264 e. The molecule has 1 amide bonds. The topological polar surface area (TPSA) is 67.8 Å². The van der Waals surface area contributed by atoms with Gasteiger partial charge in [-0.25, -0.2) is 4.98 Å². The van der Waals surface area contributed by atoms with Crippen LogP contribution < -0.4 is 14.4 Å². The molecule has 0 bridgehead atoms. The van der Waals surface area contributed by atoms with E-state index in [1.54, 1.807) is 19.4 Å². The molecule has 2 aliphatic heterocycles. The van der Waals surface area contributed by atoms with Gasteiger partial charge in [-0.05, 0) is 11.6 Å². The minimum Gasteiger partial charge on any atom is -0.481 e. The molecule has 7 nitrogen and oxygen atoms in total. The van der Waals surface area contributed by atoms with Gasteiger partial charge in [-0.15, -0.1) is 0 Å². The first-order valence-corrected chi connectivity index (χ1v) is 8.40. The van der Waals surface area contributed by atoms with Crippen LogP contribution in [0.2, 0.25) is 0 Å². The van der Waals surface area contributed by atoms with Crippen LogP contribution in [0.4, 0.5) is 5.95 Å². The number of anilines is 1. The number of benzene rings is 1. The van der Waals surface area contributed by atoms with Crippen LogP contribution in [-0.2, 0) is 11.2 Å². The van der Waals surface area contributed by atoms with Crippen LogP contribution in [0.15, 0.2) is 36.5 Å². The quantitative estimate of drug-likeness (QED) is 0.835. The summed E-state index contributed by atoms with van der Waals surface area (Å²) in [5, 5.41) is 0. The zero-order chi connectivity index (χ0) is 17.2. The van der Waals surface area contributed by atoms with Gasteiger partial charge in [-0.2, -0.15) is 4.98 Å². The third-order valence-electron chi connectivity index (χ3n) is 4.62. The number of piperazine rings is 1. The summed E-state index contributed by atoms with van der Waals surface area (Å²) < 4.78 is 11.0. The molecule has 3 heterocycles. The first kappa shape index (κ1) is 15.7. The minimum atomic E-state index is -0.406. The van der Waals surface area contributed by atoms with Gasteiger partial charge < -0.3 is 19.3 Å². The Morgan fingerprint density at radius 2 is 2.00 bits per heavy atom. The van der Waals surface area contributed by atoms with Crippen LogP contribution in [-0.4, -0.2) is 60.2 Å². The number of methoxy groups -OCH3 is 1. The molecule has 0 saturated carbocycles. The molecule has 1 atom stereocenters. The van der Waals surface area contributed by atoms with Gasteiger partial charge in [-0.1, -0.05) is 18.2 Å². The molecular weight excluding hydrogens is 320 g/mol. The van der Waals surface area contributed by atoms with Crippen molar-refractivity contribution < 1.29 is 14.3 Å². The molecule has 130 valence electrons. The third kappa shape index (κ3) is 3.09. The number of aromatic nitrogens is 2. The fourth-order valence-corrected chi connectivity index (χ4v) is 3.25. The van der Waals surface area contributed by atoms with E-state index in [0.717, 1.165) is 11.3 Å². The Kier molecular flexibility index (Phi) is 4.13. The predicted molar refractivity (Wildman–Crippen MR) is 91.9 cm³/mol. The lowest BCUT2D eigenvalue weighted by Crippen LogP contribution is -2.52. The Morgan fingerprint density at radius 1 is 1.20 bits per heavy atom. The van der Waals surface area contributed by atoms with Crippen molar-refractivity contribution in [3.8, 4) is 11.6 Å². The number of rotatable bonds is 3. The van der Waals surface area contributed by atoms with E-state index < -0.39 is 6.10 Å². The standard InChI is InChI=1S/C18H20N4O3/c1-24-16-6-7-19-18(20-16)22-10-8-21(9-11-22)17(23)15-12-13-4-2-3-5-14(13)25-15/h2-7,15H,8-12H2,1H3. The number of hydrogen-bond donors (Lipinski definition) is 0. The van der Waals surface area contributed by atoms with Crippen molar-refractivity contribution in [3.63, 3.8) is 0 Å². The number of ether oxygens (including phenoxy) is 2. The van der Waals surface area contributed by atoms with E-state index in [2.05, 4.69) is 14.9 Å². The second-order valence-corrected chi connectivity index (χ2v) is 6.13. The molecule has 1 aromatic carbocycles. The molecule has 2 aliphatic rings. The molecule has 1 fully saturated rings. The number of carbonyl (C=O) groups excluding carboxylic acids is 1. The number of para-hydroxylation sites is 1. The van der Waals surface area contributed by atoms with Crippen LogP contribution in [0.25, 0.3) is 0 Å². The molecular formula is C18H20N4O3. The number of carbonyl (C=O) groups is 1. The molecule has 25 heavy (non-hydrogen) atoms. The van der Waals surface area contributed by atoms with E-state index >= 15 is 0 Å². The second kappa shape index (κ2) is 6.58. The predicted octanol–water partition coefficient (Wildman–Crippen LogP) is 1.14. The molecule has 0 spiro atoms. The van der Waals surface area contributed by atoms with Crippen molar-refractivity contribution in [1.82, 2.24) is 14.9 Å². The van der Waals surface area contributed by atoms with Gasteiger partial charge in [0.05, 0.1) is 7.11 Å². The van der Waals surface area contributed by atoms with Crippen molar-refractivity contribution in [1.29, 1.82) is 0 Å². The number of amides is 1. The Labute approximate surface area is 146 Å². The Balaban J connectivity index is 1.36. The summed E-state index contributed by atoms with van der Waals surface area (Å²) in [6, 6.07) is 9.56. The first-order valence-electron chi connectivity index (χ1n) is 8.40. The van der Waals surface area contributed by atoms with E-state index in [4.69, 9.17) is 9.47 Å². The Bertz CT molecular complexity index is 749. The van der Waals surface area contributed by atoms with E-state index in [1.165, 1.54) is 0 Å². The van der Waals surface area contributed by atoms with Gasteiger partial charge in [0.25, 0.3) is 5.91 Å². The molecule has 7 heteroatoms. The highest BCUT2D eigenvalue weighted by molar-refractivity contribution is 5.83. The molecule has 0 radical (unpaired) electrons. The van der Waals surface area contributed by atoms with Crippen LogP contribution in [0.1, 0.15) is 5.56 Å². The molecule has 0 N–H and O–H groups in total. The molecule has 4 rings (SSSR count). The van der Waals surface area contributed by atoms with E-state index in [-0.39, 0.29) is 5.91 Å². The highest BCUT2D eigenvalue weighted by Gasteiger charge is 2.33. The SMILES string of the molecule is COc1ccnc(N2CCN(C(=O)C3Cc4ccccc4O3)CC2)n1. The molecule has 1 aromatic heterocycles. The largest absolute Gasteiger partial charge is 0.481 e. The Hall–Kier alpha value is -2.83. The van der Waals surface area contributed by atoms with Crippen molar-refractivity contribution in [2.45, 2.75) is 12.5 Å². The maximum atomic E-state index is 12.7. The normalized spacial score (nSPS) is 19.3. The zero-order valence-electron chi connectivity index (χ0n) is 14.1. The summed E-state index contributed by atoms with van der Waals surface area (Å²) in [7, 11) is 1.59. The minimum absolute atomic E-state index is 0.0578. The number of fused-ring (bicyclic) bond motifs is 1. The molecule has 2 aromatic rings. The number of nitrogens with zero attached hydrogens (tertiary/aromatic N) is 4. The zero-order valence-corrected chi connectivity index (χ0v) is 14.1. The maximum Gasteiger partial charge on any atom is 0.264 e. The average molecular weight is 340 g/mol. The monoisotopic (exact) mass is 340 g/mol. The molecule has 1 unspecified atom stereocenters. The van der Waals surface area contributed by atoms with Gasteiger partial charge in [0, 0.05) is 44.9 Å². The third-order valence-corrected chi connectivity index (χ3v) is 4.62. The lowest BCUT2D eigenvalue weighted by molar-refractivity contribution is -0.138. The van der Waals surface area contributed by atoms with E-state index in [0.29, 0.717) is 44.4 Å². The Morgan fingerprint density at radius 3 is 2.76 bits per heavy atom. The summed E-state index contributed by atoms with van der Waals surface area (Å²) in [5.74, 6) is 2.06. The van der Waals surface area contributed by atoms with Crippen molar-refractivity contribution in [2.24, 2.45) is 0 Å². The van der Waals surface area contributed by atoms with Crippen molar-refractivity contribution in [2.75, 3.05) is 38.2 Å². The molecule has 1 saturated heterocycles. The summed E-state index contributed by atoms with van der Waals surface area (Å²) >= 11 is 0. The summed E-state index contributed by atoms with van der Waals surface area (Å²) in [4.78, 5) is 25.3. The van der Waals surface area contributed by atoms with Crippen molar-refractivity contribution in [3.05, 3.63) is 42.1 Å². The summed E-state index contributed by atoms with van der Waals surface area (Å²) in [6.07, 6.45) is 1.92. The van der Waals surface area contributed by atoms with Gasteiger partial charge >= 0.3 is 0 Å². The van der Waals surface area contributed by atoms with Crippen LogP contribution in [0.5, 0.6) is 11.6 Å². The average Bonchev–Trinajstić information content (AvgIpc) is 3.12. The van der Waals surface area contributed by atoms with Crippen LogP contribution >= 0.6 is 0 Å². The van der Waals surface area contributed by atoms with E-state index in [9.17, 15) is 4.79 Å². The lowest BCUT2D eigenvalue weighted by atomic mass is 10.1. The summed E-state index contributed by atoms with van der Waals surface area (Å²) in [6.45, 7) is 2.66. The van der Waals surface area contributed by atoms with Crippen LogP contribution in [0, 0.1) is 0 Å². The van der Waals surface area contributed by atoms with Gasteiger partial charge in [0.15, 0.2) is 6.10 Å². The highest BCUT2D eigenvalue weighted by Crippen LogP contribution is 2.29. The second-order valence-electron chi connectivity index (χ2n) is 6.13. The fourth-order valence-electron chi connectivity index (χ4n) is 3.25. The van der Waals surface area contributed by atoms with Gasteiger partial charge in [0.2, 0.25) is 11.8 Å². The highest BCUT2D eigenvalue weighted by atomic mass is 16.5. The van der Waals surface area contributed by atoms with Crippen LogP contribution in [0.3, 0.4) is 0 Å². The fraction of sp³-hybridized carbons (Fsp3) is 0.389.